The van der Waals surface area contributed by atoms with Crippen LogP contribution in [0.1, 0.15) is 22.8 Å². The van der Waals surface area contributed by atoms with Crippen LogP contribution in [0.2, 0.25) is 0 Å². The highest BCUT2D eigenvalue weighted by molar-refractivity contribution is 6.25. The van der Waals surface area contributed by atoms with Crippen LogP contribution >= 0.6 is 0 Å². The number of carbonyl (C=O) groups excluding carboxylic acids is 4. The van der Waals surface area contributed by atoms with E-state index in [2.05, 4.69) is 15.7 Å². The first-order chi connectivity index (χ1) is 15.4. The monoisotopic (exact) mass is 435 g/mol. The van der Waals surface area contributed by atoms with Crippen molar-refractivity contribution in [1.29, 1.82) is 0 Å². The van der Waals surface area contributed by atoms with E-state index in [0.717, 1.165) is 10.5 Å². The number of imide groups is 1. The molecule has 0 spiro atoms. The molecule has 10 nitrogen and oxygen atoms in total. The van der Waals surface area contributed by atoms with Gasteiger partial charge in [0.1, 0.15) is 6.54 Å². The lowest BCUT2D eigenvalue weighted by Gasteiger charge is -2.20. The van der Waals surface area contributed by atoms with Crippen LogP contribution in [-0.2, 0) is 19.1 Å². The minimum atomic E-state index is -0.972. The van der Waals surface area contributed by atoms with Gasteiger partial charge in [0.05, 0.1) is 17.9 Å². The van der Waals surface area contributed by atoms with Crippen molar-refractivity contribution in [3.05, 3.63) is 59.7 Å². The summed E-state index contributed by atoms with van der Waals surface area (Å²) in [5.41, 5.74) is 2.29. The normalized spacial score (nSPS) is 19.3. The molecule has 0 saturated carbocycles. The van der Waals surface area contributed by atoms with Crippen LogP contribution in [0.4, 0.5) is 11.4 Å². The number of amides is 3. The maximum atomic E-state index is 13.0. The molecule has 0 bridgehead atoms. The van der Waals surface area contributed by atoms with E-state index in [1.807, 2.05) is 19.1 Å². The molecule has 0 aromatic heterocycles. The second-order valence-electron chi connectivity index (χ2n) is 7.39. The van der Waals surface area contributed by atoms with E-state index in [1.165, 1.54) is 17.1 Å². The molecule has 10 heteroatoms. The molecular formula is C22H21N5O5. The molecule has 0 unspecified atom stereocenters. The van der Waals surface area contributed by atoms with Gasteiger partial charge < -0.3 is 10.1 Å². The number of benzene rings is 2. The van der Waals surface area contributed by atoms with Crippen molar-refractivity contribution in [2.75, 3.05) is 23.4 Å². The molecule has 1 saturated heterocycles. The summed E-state index contributed by atoms with van der Waals surface area (Å²) >= 11 is 0. The second kappa shape index (κ2) is 8.58. The summed E-state index contributed by atoms with van der Waals surface area (Å²) in [5, 5.41) is 11.7. The number of anilines is 2. The summed E-state index contributed by atoms with van der Waals surface area (Å²) in [6.07, 6.45) is 0. The Hall–Kier alpha value is -4.08. The lowest BCUT2D eigenvalue weighted by atomic mass is 10.1. The summed E-state index contributed by atoms with van der Waals surface area (Å²) in [4.78, 5) is 51.0. The Morgan fingerprint density at radius 2 is 1.72 bits per heavy atom. The fourth-order valence-corrected chi connectivity index (χ4v) is 3.55. The summed E-state index contributed by atoms with van der Waals surface area (Å²) < 4.78 is 4.92. The number of hydrogen-bond donors (Lipinski definition) is 1. The van der Waals surface area contributed by atoms with Gasteiger partial charge in [0.25, 0.3) is 11.8 Å². The molecule has 2 aliphatic heterocycles. The maximum absolute atomic E-state index is 13.0. The van der Waals surface area contributed by atoms with Crippen molar-refractivity contribution >= 4 is 35.1 Å². The number of nitrogens with one attached hydrogen (secondary N) is 1. The van der Waals surface area contributed by atoms with Gasteiger partial charge in [0.15, 0.2) is 12.1 Å². The van der Waals surface area contributed by atoms with Crippen LogP contribution < -0.4 is 10.2 Å². The maximum Gasteiger partial charge on any atom is 0.338 e. The molecule has 2 heterocycles. The van der Waals surface area contributed by atoms with Crippen molar-refractivity contribution in [2.24, 2.45) is 10.3 Å². The first-order valence-corrected chi connectivity index (χ1v) is 10.1. The molecule has 3 amide bonds. The molecule has 1 N–H and O–H groups in total. The van der Waals surface area contributed by atoms with Crippen molar-refractivity contribution in [1.82, 2.24) is 5.01 Å². The van der Waals surface area contributed by atoms with E-state index in [0.29, 0.717) is 16.9 Å². The number of nitrogens with zero attached hydrogens (tertiary/aromatic N) is 4. The zero-order valence-electron chi connectivity index (χ0n) is 17.5. The zero-order chi connectivity index (χ0) is 22.8. The average molecular weight is 435 g/mol. The Morgan fingerprint density at radius 1 is 1.03 bits per heavy atom. The quantitative estimate of drug-likeness (QED) is 0.548. The lowest BCUT2D eigenvalue weighted by Crippen LogP contribution is -2.43. The third-order valence-corrected chi connectivity index (χ3v) is 5.14. The Labute approximate surface area is 183 Å². The third kappa shape index (κ3) is 3.94. The Bertz CT molecular complexity index is 1100. The largest absolute Gasteiger partial charge is 0.462 e. The van der Waals surface area contributed by atoms with Gasteiger partial charge in [0, 0.05) is 5.69 Å². The molecule has 0 aliphatic carbocycles. The molecule has 2 atom stereocenters. The van der Waals surface area contributed by atoms with Gasteiger partial charge in [-0.3, -0.25) is 19.4 Å². The molecule has 1 fully saturated rings. The molecule has 164 valence electrons. The van der Waals surface area contributed by atoms with Gasteiger partial charge in [-0.2, -0.15) is 5.11 Å². The van der Waals surface area contributed by atoms with E-state index in [9.17, 15) is 19.2 Å². The SMILES string of the molecule is CCOC(=O)c1ccc(NC(=O)CN2N=N[C@@H]3C(=O)N(c4ccc(C)cc4)C(=O)[C@H]32)cc1. The summed E-state index contributed by atoms with van der Waals surface area (Å²) in [6, 6.07) is 11.3. The molecule has 2 aliphatic rings. The molecular weight excluding hydrogens is 414 g/mol. The number of rotatable bonds is 6. The van der Waals surface area contributed by atoms with Gasteiger partial charge in [0.2, 0.25) is 5.91 Å². The molecule has 2 aromatic carbocycles. The van der Waals surface area contributed by atoms with E-state index < -0.39 is 35.8 Å². The van der Waals surface area contributed by atoms with Crippen LogP contribution in [0.5, 0.6) is 0 Å². The van der Waals surface area contributed by atoms with Crippen LogP contribution in [-0.4, -0.2) is 53.9 Å². The summed E-state index contributed by atoms with van der Waals surface area (Å²) in [6.45, 7) is 3.64. The lowest BCUT2D eigenvalue weighted by molar-refractivity contribution is -0.123. The van der Waals surface area contributed by atoms with Gasteiger partial charge in [-0.05, 0) is 50.2 Å². The van der Waals surface area contributed by atoms with E-state index in [4.69, 9.17) is 4.74 Å². The Kier molecular flexibility index (Phi) is 5.67. The number of ether oxygens (including phenoxy) is 1. The molecule has 0 radical (unpaired) electrons. The van der Waals surface area contributed by atoms with Crippen molar-refractivity contribution in [3.8, 4) is 0 Å². The van der Waals surface area contributed by atoms with Crippen molar-refractivity contribution < 1.29 is 23.9 Å². The van der Waals surface area contributed by atoms with Gasteiger partial charge in [-0.25, -0.2) is 9.69 Å². The highest BCUT2D eigenvalue weighted by Crippen LogP contribution is 2.31. The van der Waals surface area contributed by atoms with Crippen LogP contribution in [0, 0.1) is 6.92 Å². The number of aryl methyl sites for hydroxylation is 1. The van der Waals surface area contributed by atoms with Gasteiger partial charge in [-0.15, -0.1) is 0 Å². The highest BCUT2D eigenvalue weighted by atomic mass is 16.5. The van der Waals surface area contributed by atoms with E-state index >= 15 is 0 Å². The minimum absolute atomic E-state index is 0.259. The number of hydrogen-bond acceptors (Lipinski definition) is 8. The van der Waals surface area contributed by atoms with Crippen LogP contribution in [0.25, 0.3) is 0 Å². The highest BCUT2D eigenvalue weighted by Gasteiger charge is 2.55. The first kappa shape index (κ1) is 21.2. The van der Waals surface area contributed by atoms with E-state index in [1.54, 1.807) is 31.2 Å². The fraction of sp³-hybridized carbons (Fsp3) is 0.273. The average Bonchev–Trinajstić information content (AvgIpc) is 3.29. The van der Waals surface area contributed by atoms with Crippen molar-refractivity contribution in [3.63, 3.8) is 0 Å². The predicted octanol–water partition coefficient (Wildman–Crippen LogP) is 2.10. The van der Waals surface area contributed by atoms with Crippen LogP contribution in [0.3, 0.4) is 0 Å². The Balaban J connectivity index is 1.41. The third-order valence-electron chi connectivity index (χ3n) is 5.14. The van der Waals surface area contributed by atoms with Crippen molar-refractivity contribution in [2.45, 2.75) is 25.9 Å². The standard InChI is InChI=1S/C22H21N5O5/c1-3-32-22(31)14-6-8-15(9-7-14)23-17(28)12-26-19-18(24-25-26)20(29)27(21(19)30)16-10-4-13(2)5-11-16/h4-11,18-19H,3,12H2,1-2H3,(H,23,28)/t18-,19-/m0/s1. The summed E-state index contributed by atoms with van der Waals surface area (Å²) in [7, 11) is 0. The summed E-state index contributed by atoms with van der Waals surface area (Å²) in [5.74, 6) is -1.83. The Morgan fingerprint density at radius 3 is 2.38 bits per heavy atom. The number of fused-ring (bicyclic) bond motifs is 1. The smallest absolute Gasteiger partial charge is 0.338 e. The zero-order valence-corrected chi connectivity index (χ0v) is 17.5. The first-order valence-electron chi connectivity index (χ1n) is 10.1. The molecule has 32 heavy (non-hydrogen) atoms. The molecule has 2 aromatic rings. The number of esters is 1. The van der Waals surface area contributed by atoms with E-state index in [-0.39, 0.29) is 13.2 Å². The fourth-order valence-electron chi connectivity index (χ4n) is 3.55. The molecule has 4 rings (SSSR count). The topological polar surface area (TPSA) is 121 Å². The second-order valence-corrected chi connectivity index (χ2v) is 7.39. The number of carbonyl (C=O) groups is 4. The van der Waals surface area contributed by atoms with Gasteiger partial charge >= 0.3 is 5.97 Å². The van der Waals surface area contributed by atoms with Crippen LogP contribution in [0.15, 0.2) is 58.9 Å². The minimum Gasteiger partial charge on any atom is -0.462 e. The predicted molar refractivity (Wildman–Crippen MR) is 114 cm³/mol. The van der Waals surface area contributed by atoms with Gasteiger partial charge in [-0.1, -0.05) is 22.9 Å².